The number of rotatable bonds is 4. The van der Waals surface area contributed by atoms with Crippen molar-refractivity contribution in [2.45, 2.75) is 64.1 Å². The molecular weight excluding hydrogens is 316 g/mol. The summed E-state index contributed by atoms with van der Waals surface area (Å²) in [6.07, 6.45) is 0.654. The Kier molecular flexibility index (Phi) is 4.33. The second kappa shape index (κ2) is 5.92. The molecule has 130 valence electrons. The van der Waals surface area contributed by atoms with Crippen molar-refractivity contribution in [1.29, 1.82) is 0 Å². The summed E-state index contributed by atoms with van der Waals surface area (Å²) in [6.45, 7) is 7.34. The van der Waals surface area contributed by atoms with Crippen LogP contribution in [0.15, 0.2) is 23.9 Å². The molecule has 2 nitrogen and oxygen atoms in total. The highest BCUT2D eigenvalue weighted by molar-refractivity contribution is 6.54. The number of alkyl halides is 2. The van der Waals surface area contributed by atoms with Crippen LogP contribution in [0.1, 0.15) is 69.6 Å². The van der Waals surface area contributed by atoms with Crippen molar-refractivity contribution in [2.24, 2.45) is 0 Å². The van der Waals surface area contributed by atoms with Gasteiger partial charge in [-0.3, -0.25) is 0 Å². The summed E-state index contributed by atoms with van der Waals surface area (Å²) in [7, 11) is -1.12. The lowest BCUT2D eigenvalue weighted by molar-refractivity contribution is 0.00578. The zero-order chi connectivity index (χ0) is 17.7. The number of halogens is 3. The van der Waals surface area contributed by atoms with Gasteiger partial charge in [-0.1, -0.05) is 6.07 Å². The Morgan fingerprint density at radius 3 is 2.21 bits per heavy atom. The van der Waals surface area contributed by atoms with Crippen molar-refractivity contribution in [3.05, 3.63) is 40.6 Å². The van der Waals surface area contributed by atoms with Crippen molar-refractivity contribution in [1.82, 2.24) is 0 Å². The topological polar surface area (TPSA) is 18.5 Å². The van der Waals surface area contributed by atoms with Crippen molar-refractivity contribution in [2.75, 3.05) is 0 Å². The zero-order valence-corrected chi connectivity index (χ0v) is 14.4. The van der Waals surface area contributed by atoms with Crippen LogP contribution < -0.4 is 0 Å². The Bertz CT molecular complexity index is 630. The Labute approximate surface area is 141 Å². The molecule has 1 aliphatic heterocycles. The van der Waals surface area contributed by atoms with E-state index < -0.39 is 30.5 Å². The molecule has 0 amide bonds. The van der Waals surface area contributed by atoms with Gasteiger partial charge < -0.3 is 9.31 Å². The van der Waals surface area contributed by atoms with E-state index in [1.807, 2.05) is 27.7 Å². The molecule has 0 aromatic heterocycles. The lowest BCUT2D eigenvalue weighted by atomic mass is 9.86. The molecule has 1 aromatic rings. The smallest absolute Gasteiger partial charge is 0.398 e. The average molecular weight is 338 g/mol. The molecule has 1 heterocycles. The van der Waals surface area contributed by atoms with Gasteiger partial charge in [0.25, 0.3) is 6.43 Å². The number of benzene rings is 1. The number of hydrogen-bond donors (Lipinski definition) is 0. The lowest BCUT2D eigenvalue weighted by Gasteiger charge is -2.32. The van der Waals surface area contributed by atoms with Crippen LogP contribution in [0.5, 0.6) is 0 Å². The first-order valence-electron chi connectivity index (χ1n) is 8.25. The van der Waals surface area contributed by atoms with E-state index >= 15 is 0 Å². The van der Waals surface area contributed by atoms with Crippen LogP contribution in [-0.4, -0.2) is 18.3 Å². The van der Waals surface area contributed by atoms with Gasteiger partial charge >= 0.3 is 7.12 Å². The van der Waals surface area contributed by atoms with Gasteiger partial charge in [-0.15, -0.1) is 0 Å². The molecule has 2 aliphatic rings. The van der Waals surface area contributed by atoms with Gasteiger partial charge in [-0.2, -0.15) is 0 Å². The summed E-state index contributed by atoms with van der Waals surface area (Å²) in [5, 5.41) is 0. The Morgan fingerprint density at radius 2 is 1.71 bits per heavy atom. The van der Waals surface area contributed by atoms with E-state index in [9.17, 15) is 13.2 Å². The quantitative estimate of drug-likeness (QED) is 0.680. The highest BCUT2D eigenvalue weighted by Crippen LogP contribution is 2.42. The fraction of sp³-hybridized carbons (Fsp3) is 0.556. The predicted molar refractivity (Wildman–Crippen MR) is 88.5 cm³/mol. The van der Waals surface area contributed by atoms with Crippen LogP contribution in [0.2, 0.25) is 0 Å². The zero-order valence-electron chi connectivity index (χ0n) is 14.4. The minimum Gasteiger partial charge on any atom is -0.398 e. The van der Waals surface area contributed by atoms with Crippen LogP contribution in [0.3, 0.4) is 0 Å². The van der Waals surface area contributed by atoms with Crippen molar-refractivity contribution in [3.63, 3.8) is 0 Å². The normalized spacial score (nSPS) is 23.2. The molecule has 0 atom stereocenters. The van der Waals surface area contributed by atoms with Crippen LogP contribution in [0.25, 0.3) is 6.08 Å². The van der Waals surface area contributed by atoms with Crippen molar-refractivity contribution < 1.29 is 22.5 Å². The third kappa shape index (κ3) is 3.40. The fourth-order valence-electron chi connectivity index (χ4n) is 2.75. The first kappa shape index (κ1) is 17.6. The fourth-order valence-corrected chi connectivity index (χ4v) is 2.75. The molecule has 24 heavy (non-hydrogen) atoms. The predicted octanol–water partition coefficient (Wildman–Crippen LogP) is 5.44. The maximum absolute atomic E-state index is 14.6. The van der Waals surface area contributed by atoms with Crippen LogP contribution in [0, 0.1) is 0 Å². The molecule has 0 unspecified atom stereocenters. The van der Waals surface area contributed by atoms with Gasteiger partial charge in [0.2, 0.25) is 0 Å². The van der Waals surface area contributed by atoms with E-state index in [-0.39, 0.29) is 5.56 Å². The maximum Gasteiger partial charge on any atom is 0.525 e. The Hall–Kier alpha value is -1.27. The molecule has 0 radical (unpaired) electrons. The molecule has 1 aromatic carbocycles. The van der Waals surface area contributed by atoms with E-state index in [1.165, 1.54) is 18.2 Å². The average Bonchev–Trinajstić information content (AvgIpc) is 3.26. The third-order valence-corrected chi connectivity index (χ3v) is 5.08. The standard InChI is InChI=1S/C18H22BF3O2/c1-17(2)18(3,4)24-19(23-17)15(20)9-11-7-13(12-5-6-12)10-14(8-11)16(21)22/h7-10,12,16H,5-6H2,1-4H3. The van der Waals surface area contributed by atoms with E-state index in [4.69, 9.17) is 9.31 Å². The van der Waals surface area contributed by atoms with Crippen molar-refractivity contribution in [3.8, 4) is 0 Å². The Balaban J connectivity index is 1.88. The van der Waals surface area contributed by atoms with Crippen LogP contribution in [0.4, 0.5) is 13.2 Å². The highest BCUT2D eigenvalue weighted by atomic mass is 19.3. The monoisotopic (exact) mass is 338 g/mol. The van der Waals surface area contributed by atoms with E-state index in [0.29, 0.717) is 11.5 Å². The second-order valence-corrected chi connectivity index (χ2v) is 7.63. The molecule has 1 saturated carbocycles. The summed E-state index contributed by atoms with van der Waals surface area (Å²) >= 11 is 0. The van der Waals surface area contributed by atoms with Crippen LogP contribution >= 0.6 is 0 Å². The minimum atomic E-state index is -2.57. The molecule has 1 saturated heterocycles. The van der Waals surface area contributed by atoms with Gasteiger partial charge in [-0.05, 0) is 75.8 Å². The van der Waals surface area contributed by atoms with Crippen molar-refractivity contribution >= 4 is 13.2 Å². The van der Waals surface area contributed by atoms with Gasteiger partial charge in [0, 0.05) is 5.56 Å². The molecule has 2 fully saturated rings. The third-order valence-electron chi connectivity index (χ3n) is 5.08. The molecule has 0 bridgehead atoms. The van der Waals surface area contributed by atoms with Gasteiger partial charge in [0.1, 0.15) is 5.73 Å². The highest BCUT2D eigenvalue weighted by Gasteiger charge is 2.53. The van der Waals surface area contributed by atoms with E-state index in [0.717, 1.165) is 18.4 Å². The van der Waals surface area contributed by atoms with E-state index in [1.54, 1.807) is 6.07 Å². The summed E-state index contributed by atoms with van der Waals surface area (Å²) in [6, 6.07) is 4.61. The largest absolute Gasteiger partial charge is 0.525 e. The first-order valence-corrected chi connectivity index (χ1v) is 8.25. The molecule has 0 spiro atoms. The van der Waals surface area contributed by atoms with Gasteiger partial charge in [0.05, 0.1) is 11.2 Å². The van der Waals surface area contributed by atoms with Crippen LogP contribution in [-0.2, 0) is 9.31 Å². The minimum absolute atomic E-state index is 0.0765. The summed E-state index contributed by atoms with van der Waals surface area (Å²) < 4.78 is 52.1. The molecule has 6 heteroatoms. The summed E-state index contributed by atoms with van der Waals surface area (Å²) in [5.74, 6) is 0.316. The lowest BCUT2D eigenvalue weighted by Crippen LogP contribution is -2.41. The molecular formula is C18H22BF3O2. The molecule has 0 N–H and O–H groups in total. The van der Waals surface area contributed by atoms with Gasteiger partial charge in [-0.25, -0.2) is 13.2 Å². The summed E-state index contributed by atoms with van der Waals surface area (Å²) in [5.41, 5.74) is -0.712. The maximum atomic E-state index is 14.6. The molecule has 1 aliphatic carbocycles. The van der Waals surface area contributed by atoms with E-state index in [2.05, 4.69) is 0 Å². The number of hydrogen-bond acceptors (Lipinski definition) is 2. The first-order chi connectivity index (χ1) is 11.1. The molecule has 3 rings (SSSR count). The Morgan fingerprint density at radius 1 is 1.12 bits per heavy atom. The summed E-state index contributed by atoms with van der Waals surface area (Å²) in [4.78, 5) is 0. The van der Waals surface area contributed by atoms with Gasteiger partial charge in [0.15, 0.2) is 0 Å². The SMILES string of the molecule is CC1(C)OB(C(F)=Cc2cc(C(F)F)cc(C3CC3)c2)OC1(C)C. The second-order valence-electron chi connectivity index (χ2n) is 7.63.